The van der Waals surface area contributed by atoms with Crippen molar-refractivity contribution in [3.05, 3.63) is 84.7 Å². The molecule has 31 heavy (non-hydrogen) atoms. The van der Waals surface area contributed by atoms with E-state index >= 15 is 0 Å². The van der Waals surface area contributed by atoms with Crippen LogP contribution in [0.25, 0.3) is 17.1 Å². The van der Waals surface area contributed by atoms with Crippen LogP contribution in [0.1, 0.15) is 5.56 Å². The van der Waals surface area contributed by atoms with Gasteiger partial charge in [0.1, 0.15) is 5.75 Å². The number of nitrogens with zero attached hydrogens (tertiary/aromatic N) is 4. The van der Waals surface area contributed by atoms with Crippen LogP contribution >= 0.6 is 11.8 Å². The zero-order valence-electron chi connectivity index (χ0n) is 16.9. The van der Waals surface area contributed by atoms with Crippen molar-refractivity contribution in [2.24, 2.45) is 0 Å². The molecule has 0 unspecified atom stereocenters. The average Bonchev–Trinajstić information content (AvgIpc) is 3.27. The van der Waals surface area contributed by atoms with Gasteiger partial charge in [-0.25, -0.2) is 0 Å². The highest BCUT2D eigenvalue weighted by atomic mass is 32.2. The lowest BCUT2D eigenvalue weighted by Gasteiger charge is -2.10. The fourth-order valence-corrected chi connectivity index (χ4v) is 3.77. The first-order chi connectivity index (χ1) is 15.2. The van der Waals surface area contributed by atoms with Gasteiger partial charge < -0.3 is 10.1 Å². The van der Waals surface area contributed by atoms with Gasteiger partial charge in [0, 0.05) is 30.2 Å². The number of methoxy groups -OCH3 is 1. The molecule has 2 aromatic heterocycles. The Kier molecular flexibility index (Phi) is 6.59. The highest BCUT2D eigenvalue weighted by Crippen LogP contribution is 2.27. The van der Waals surface area contributed by atoms with Crippen molar-refractivity contribution < 1.29 is 9.53 Å². The Morgan fingerprint density at radius 2 is 1.74 bits per heavy atom. The highest BCUT2D eigenvalue weighted by molar-refractivity contribution is 7.99. The SMILES string of the molecule is COc1ccc(CNC(=O)CSc2nnc(-c3ccncc3)n2-c2ccccc2)cc1. The molecule has 8 heteroatoms. The van der Waals surface area contributed by atoms with Crippen LogP contribution in [-0.4, -0.2) is 38.5 Å². The third kappa shape index (κ3) is 5.10. The number of thioether (sulfide) groups is 1. The number of ether oxygens (including phenoxy) is 1. The Morgan fingerprint density at radius 3 is 2.45 bits per heavy atom. The molecule has 0 aliphatic rings. The summed E-state index contributed by atoms with van der Waals surface area (Å²) in [5.41, 5.74) is 2.84. The van der Waals surface area contributed by atoms with E-state index in [1.54, 1.807) is 19.5 Å². The minimum Gasteiger partial charge on any atom is -0.497 e. The number of hydrogen-bond donors (Lipinski definition) is 1. The Balaban J connectivity index is 1.46. The molecule has 0 aliphatic heterocycles. The minimum atomic E-state index is -0.0751. The molecule has 4 aromatic rings. The van der Waals surface area contributed by atoms with Gasteiger partial charge in [-0.2, -0.15) is 0 Å². The predicted octanol–water partition coefficient (Wildman–Crippen LogP) is 3.75. The Hall–Kier alpha value is -3.65. The topological polar surface area (TPSA) is 81.9 Å². The summed E-state index contributed by atoms with van der Waals surface area (Å²) in [6, 6.07) is 21.2. The van der Waals surface area contributed by atoms with Crippen molar-refractivity contribution in [3.63, 3.8) is 0 Å². The van der Waals surface area contributed by atoms with E-state index in [1.165, 1.54) is 11.8 Å². The third-order valence-electron chi connectivity index (χ3n) is 4.57. The fourth-order valence-electron chi connectivity index (χ4n) is 2.99. The van der Waals surface area contributed by atoms with Gasteiger partial charge in [0.2, 0.25) is 5.91 Å². The van der Waals surface area contributed by atoms with E-state index in [0.29, 0.717) is 17.5 Å². The first kappa shape index (κ1) is 20.6. The summed E-state index contributed by atoms with van der Waals surface area (Å²) in [6.45, 7) is 0.455. The maximum atomic E-state index is 12.4. The quantitative estimate of drug-likeness (QED) is 0.428. The molecule has 1 N–H and O–H groups in total. The number of nitrogens with one attached hydrogen (secondary N) is 1. The van der Waals surface area contributed by atoms with Gasteiger partial charge in [0.05, 0.1) is 12.9 Å². The normalized spacial score (nSPS) is 10.6. The number of carbonyl (C=O) groups excluding carboxylic acids is 1. The maximum absolute atomic E-state index is 12.4. The number of carbonyl (C=O) groups is 1. The van der Waals surface area contributed by atoms with Crippen LogP contribution in [0.15, 0.2) is 84.3 Å². The zero-order valence-corrected chi connectivity index (χ0v) is 17.7. The summed E-state index contributed by atoms with van der Waals surface area (Å²) in [5.74, 6) is 1.65. The summed E-state index contributed by atoms with van der Waals surface area (Å²) < 4.78 is 7.11. The van der Waals surface area contributed by atoms with Gasteiger partial charge in [0.15, 0.2) is 11.0 Å². The lowest BCUT2D eigenvalue weighted by atomic mass is 10.2. The van der Waals surface area contributed by atoms with Gasteiger partial charge in [-0.15, -0.1) is 10.2 Å². The second-order valence-electron chi connectivity index (χ2n) is 6.63. The highest BCUT2D eigenvalue weighted by Gasteiger charge is 2.17. The molecule has 0 spiro atoms. The van der Waals surface area contributed by atoms with E-state index in [9.17, 15) is 4.79 Å². The summed E-state index contributed by atoms with van der Waals surface area (Å²) in [7, 11) is 1.63. The standard InChI is InChI=1S/C23H21N5O2S/c1-30-20-9-7-17(8-10-20)15-25-21(29)16-31-23-27-26-22(18-11-13-24-14-12-18)28(23)19-5-3-2-4-6-19/h2-14H,15-16H2,1H3,(H,25,29). The van der Waals surface area contributed by atoms with Crippen LogP contribution in [0.4, 0.5) is 0 Å². The van der Waals surface area contributed by atoms with Crippen molar-refractivity contribution in [2.45, 2.75) is 11.7 Å². The minimum absolute atomic E-state index is 0.0751. The van der Waals surface area contributed by atoms with Crippen LogP contribution in [0.5, 0.6) is 5.75 Å². The lowest BCUT2D eigenvalue weighted by Crippen LogP contribution is -2.24. The molecule has 0 saturated heterocycles. The van der Waals surface area contributed by atoms with E-state index in [2.05, 4.69) is 20.5 Å². The van der Waals surface area contributed by atoms with Gasteiger partial charge in [-0.05, 0) is 42.0 Å². The summed E-state index contributed by atoms with van der Waals surface area (Å²) >= 11 is 1.35. The molecule has 0 fully saturated rings. The molecule has 7 nitrogen and oxygen atoms in total. The van der Waals surface area contributed by atoms with Crippen molar-refractivity contribution in [3.8, 4) is 22.8 Å². The van der Waals surface area contributed by atoms with Crippen LogP contribution in [-0.2, 0) is 11.3 Å². The molecule has 0 saturated carbocycles. The smallest absolute Gasteiger partial charge is 0.230 e. The number of amides is 1. The maximum Gasteiger partial charge on any atom is 0.230 e. The van der Waals surface area contributed by atoms with E-state index in [4.69, 9.17) is 4.74 Å². The molecule has 0 atom stereocenters. The number of rotatable bonds is 8. The van der Waals surface area contributed by atoms with Gasteiger partial charge in [0.25, 0.3) is 0 Å². The largest absolute Gasteiger partial charge is 0.497 e. The molecule has 156 valence electrons. The van der Waals surface area contributed by atoms with Crippen molar-refractivity contribution >= 4 is 17.7 Å². The molecule has 1 amide bonds. The van der Waals surface area contributed by atoms with Crippen LogP contribution in [0.3, 0.4) is 0 Å². The van der Waals surface area contributed by atoms with E-state index in [0.717, 1.165) is 22.6 Å². The Labute approximate surface area is 184 Å². The summed E-state index contributed by atoms with van der Waals surface area (Å²) in [4.78, 5) is 16.5. The number of hydrogen-bond acceptors (Lipinski definition) is 6. The zero-order chi connectivity index (χ0) is 21.5. The van der Waals surface area contributed by atoms with Crippen LogP contribution in [0.2, 0.25) is 0 Å². The van der Waals surface area contributed by atoms with Crippen molar-refractivity contribution in [1.82, 2.24) is 25.1 Å². The van der Waals surface area contributed by atoms with Crippen molar-refractivity contribution in [2.75, 3.05) is 12.9 Å². The van der Waals surface area contributed by atoms with E-state index < -0.39 is 0 Å². The van der Waals surface area contributed by atoms with E-state index in [-0.39, 0.29) is 11.7 Å². The van der Waals surface area contributed by atoms with Crippen molar-refractivity contribution in [1.29, 1.82) is 0 Å². The molecular weight excluding hydrogens is 410 g/mol. The number of para-hydroxylation sites is 1. The molecule has 0 bridgehead atoms. The second-order valence-corrected chi connectivity index (χ2v) is 7.57. The predicted molar refractivity (Wildman–Crippen MR) is 120 cm³/mol. The Morgan fingerprint density at radius 1 is 1.00 bits per heavy atom. The molecule has 4 rings (SSSR count). The number of pyridine rings is 1. The van der Waals surface area contributed by atoms with E-state index in [1.807, 2.05) is 71.3 Å². The van der Waals surface area contributed by atoms with Crippen LogP contribution in [0, 0.1) is 0 Å². The van der Waals surface area contributed by atoms with Crippen LogP contribution < -0.4 is 10.1 Å². The van der Waals surface area contributed by atoms with Gasteiger partial charge in [-0.1, -0.05) is 42.1 Å². The second kappa shape index (κ2) is 9.90. The molecule has 0 aliphatic carbocycles. The monoisotopic (exact) mass is 431 g/mol. The first-order valence-corrected chi connectivity index (χ1v) is 10.7. The van der Waals surface area contributed by atoms with Gasteiger partial charge in [-0.3, -0.25) is 14.3 Å². The fraction of sp³-hybridized carbons (Fsp3) is 0.130. The summed E-state index contributed by atoms with van der Waals surface area (Å²) in [6.07, 6.45) is 3.44. The van der Waals surface area contributed by atoms with Gasteiger partial charge >= 0.3 is 0 Å². The average molecular weight is 432 g/mol. The summed E-state index contributed by atoms with van der Waals surface area (Å²) in [5, 5.41) is 12.3. The molecule has 2 aromatic carbocycles. The molecule has 2 heterocycles. The molecule has 0 radical (unpaired) electrons. The number of benzene rings is 2. The lowest BCUT2D eigenvalue weighted by molar-refractivity contribution is -0.118. The Bertz CT molecular complexity index is 1130. The number of aromatic nitrogens is 4. The first-order valence-electron chi connectivity index (χ1n) is 9.68. The molecular formula is C23H21N5O2S. The third-order valence-corrected chi connectivity index (χ3v) is 5.50.